The molecule has 1 heterocycles. The minimum absolute atomic E-state index is 0.113. The zero-order valence-electron chi connectivity index (χ0n) is 23.7. The molecule has 0 aromatic heterocycles. The van der Waals surface area contributed by atoms with Crippen molar-refractivity contribution in [2.75, 3.05) is 5.32 Å². The van der Waals surface area contributed by atoms with E-state index in [4.69, 9.17) is 5.73 Å². The van der Waals surface area contributed by atoms with E-state index in [9.17, 15) is 36.3 Å². The van der Waals surface area contributed by atoms with Gasteiger partial charge in [0.15, 0.2) is 0 Å². The number of carbonyl (C=O) groups excluding carboxylic acids is 3. The van der Waals surface area contributed by atoms with Crippen LogP contribution >= 0.6 is 0 Å². The molecule has 3 aromatic rings. The Bertz CT molecular complexity index is 1450. The molecule has 3 amide bonds. The van der Waals surface area contributed by atoms with Gasteiger partial charge in [-0.1, -0.05) is 72.8 Å². The summed E-state index contributed by atoms with van der Waals surface area (Å²) in [7, 11) is 0. The van der Waals surface area contributed by atoms with Crippen LogP contribution in [0.15, 0.2) is 83.9 Å². The third kappa shape index (κ3) is 10.7. The summed E-state index contributed by atoms with van der Waals surface area (Å²) < 4.78 is 64.8. The molecule has 2 atom stereocenters. The van der Waals surface area contributed by atoms with Crippen LogP contribution in [0, 0.1) is 25.7 Å². The Hall–Kier alpha value is -5.05. The minimum Gasteiger partial charge on any atom is -0.370 e. The Kier molecular flexibility index (Phi) is 13.2. The number of amides is 3. The first-order valence-corrected chi connectivity index (χ1v) is 13.2. The maximum atomic E-state index is 13.3. The lowest BCUT2D eigenvalue weighted by Crippen LogP contribution is -2.45. The molecule has 44 heavy (non-hydrogen) atoms. The molecule has 4 N–H and O–H groups in total. The molecule has 0 aliphatic carbocycles. The molecule has 0 unspecified atom stereocenters. The highest BCUT2D eigenvalue weighted by molar-refractivity contribution is 6.20. The third-order valence-corrected chi connectivity index (χ3v) is 6.23. The number of hydrogen-bond donors (Lipinski definition) is 3. The van der Waals surface area contributed by atoms with E-state index in [1.54, 1.807) is 25.1 Å². The highest BCUT2D eigenvalue weighted by atomic mass is 19.4. The van der Waals surface area contributed by atoms with Gasteiger partial charge >= 0.3 is 6.18 Å². The average Bonchev–Trinajstić information content (AvgIpc) is 3.13. The molecule has 0 bridgehead atoms. The largest absolute Gasteiger partial charge is 0.389 e. The predicted octanol–water partition coefficient (Wildman–Crippen LogP) is 5.93. The molecule has 12 heteroatoms. The van der Waals surface area contributed by atoms with Crippen LogP contribution in [0.5, 0.6) is 0 Å². The Balaban J connectivity index is 0.000000740. The maximum absolute atomic E-state index is 13.3. The number of anilines is 1. The van der Waals surface area contributed by atoms with Gasteiger partial charge in [-0.25, -0.2) is 13.8 Å². The molecule has 1 aliphatic heterocycles. The van der Waals surface area contributed by atoms with Crippen LogP contribution in [0.2, 0.25) is 0 Å². The molecule has 0 spiro atoms. The number of alkyl halides is 5. The van der Waals surface area contributed by atoms with Crippen molar-refractivity contribution >= 4 is 29.1 Å². The quantitative estimate of drug-likeness (QED) is 0.216. The predicted molar refractivity (Wildman–Crippen MR) is 158 cm³/mol. The van der Waals surface area contributed by atoms with Crippen molar-refractivity contribution in [3.63, 3.8) is 0 Å². The molecule has 3 aromatic carbocycles. The van der Waals surface area contributed by atoms with Gasteiger partial charge in [-0.3, -0.25) is 14.4 Å². The summed E-state index contributed by atoms with van der Waals surface area (Å²) in [4.78, 5) is 41.4. The fraction of sp³-hybridized carbons (Fsp3) is 0.250. The topological polar surface area (TPSA) is 114 Å². The Labute approximate surface area is 251 Å². The number of nitrogens with one attached hydrogen (secondary N) is 2. The summed E-state index contributed by atoms with van der Waals surface area (Å²) in [5, 5.41) is 4.91. The van der Waals surface area contributed by atoms with Gasteiger partial charge in [0, 0.05) is 35.4 Å². The van der Waals surface area contributed by atoms with Gasteiger partial charge in [0.2, 0.25) is 18.0 Å². The lowest BCUT2D eigenvalue weighted by atomic mass is 9.97. The molecule has 7 nitrogen and oxygen atoms in total. The number of aliphatic imine (C=N–C) groups is 1. The highest BCUT2D eigenvalue weighted by Crippen LogP contribution is 2.29. The number of benzene rings is 3. The van der Waals surface area contributed by atoms with E-state index in [-0.39, 0.29) is 16.8 Å². The van der Waals surface area contributed by atoms with Crippen LogP contribution in [0.4, 0.5) is 27.6 Å². The number of hydrogen-bond acceptors (Lipinski definition) is 4. The van der Waals surface area contributed by atoms with Gasteiger partial charge in [-0.15, -0.1) is 12.8 Å². The number of rotatable bonds is 8. The van der Waals surface area contributed by atoms with Gasteiger partial charge in [-0.2, -0.15) is 13.2 Å². The molecular formula is C32H31F5N4O3. The molecule has 0 fully saturated rings. The van der Waals surface area contributed by atoms with Gasteiger partial charge in [0.25, 0.3) is 12.3 Å². The van der Waals surface area contributed by atoms with Crippen LogP contribution in [0.25, 0.3) is 0 Å². The number of benzodiazepines with no additional fused rings is 1. The standard InChI is InChI=1S/C24H23F5N4O3.C6H6.C2H2/c1-12-4-2-7-16-18(12)32-23(36)21(31-19(16)13-5-3-6-14(10-13)20(25)26)33-22(35)15(11-17(30)34)8-9-24(27,28)29;1-2-4-6-5-3-1;1-2/h2-7,10,15,20-21H,8-9,11H2,1H3,(H2,30,34)(H,32,36)(H,33,35);1-6H;1-2H/t15-,21-;;/m1../s1. The molecule has 4 rings (SSSR count). The summed E-state index contributed by atoms with van der Waals surface area (Å²) in [5.41, 5.74) is 6.53. The molecule has 0 saturated carbocycles. The smallest absolute Gasteiger partial charge is 0.370 e. The molecule has 232 valence electrons. The van der Waals surface area contributed by atoms with Crippen LogP contribution in [0.1, 0.15) is 47.9 Å². The fourth-order valence-corrected chi connectivity index (χ4v) is 4.17. The number of para-hydroxylation sites is 1. The average molecular weight is 615 g/mol. The molecule has 0 saturated heterocycles. The lowest BCUT2D eigenvalue weighted by Gasteiger charge is -2.19. The zero-order valence-corrected chi connectivity index (χ0v) is 23.7. The first-order chi connectivity index (χ1) is 20.9. The number of terminal acetylenes is 1. The number of nitrogens with zero attached hydrogens (tertiary/aromatic N) is 1. The van der Waals surface area contributed by atoms with Crippen LogP contribution in [-0.4, -0.2) is 35.8 Å². The van der Waals surface area contributed by atoms with E-state index >= 15 is 0 Å². The van der Waals surface area contributed by atoms with E-state index in [0.29, 0.717) is 16.8 Å². The van der Waals surface area contributed by atoms with Gasteiger partial charge in [-0.05, 0) is 25.0 Å². The molecule has 1 aliphatic rings. The van der Waals surface area contributed by atoms with E-state index in [1.165, 1.54) is 24.3 Å². The van der Waals surface area contributed by atoms with E-state index < -0.39 is 61.7 Å². The number of primary amides is 1. The van der Waals surface area contributed by atoms with E-state index in [2.05, 4.69) is 28.5 Å². The van der Waals surface area contributed by atoms with E-state index in [1.807, 2.05) is 36.4 Å². The SMILES string of the molecule is C#C.Cc1cccc2c1NC(=O)[C@@H](NC(=O)[C@H](CCC(F)(F)F)CC(N)=O)N=C2c1cccc(C(F)F)c1.c1ccccc1. The van der Waals surface area contributed by atoms with Crippen molar-refractivity contribution in [3.8, 4) is 12.8 Å². The number of nitrogens with two attached hydrogens (primary N) is 1. The molecular weight excluding hydrogens is 583 g/mol. The van der Waals surface area contributed by atoms with Crippen LogP contribution in [-0.2, 0) is 14.4 Å². The summed E-state index contributed by atoms with van der Waals surface area (Å²) in [5.74, 6) is -4.26. The number of fused-ring (bicyclic) bond motifs is 1. The Morgan fingerprint density at radius 1 is 1.00 bits per heavy atom. The van der Waals surface area contributed by atoms with Crippen LogP contribution < -0.4 is 16.4 Å². The summed E-state index contributed by atoms with van der Waals surface area (Å²) in [6.07, 6.45) is -3.69. The van der Waals surface area contributed by atoms with Crippen molar-refractivity contribution in [3.05, 3.63) is 101 Å². The number of halogens is 5. The van der Waals surface area contributed by atoms with Gasteiger partial charge in [0.05, 0.1) is 11.4 Å². The van der Waals surface area contributed by atoms with Crippen molar-refractivity contribution in [1.29, 1.82) is 0 Å². The lowest BCUT2D eigenvalue weighted by molar-refractivity contribution is -0.143. The minimum atomic E-state index is -4.57. The summed E-state index contributed by atoms with van der Waals surface area (Å²) >= 11 is 0. The normalized spacial score (nSPS) is 14.6. The Morgan fingerprint density at radius 3 is 2.14 bits per heavy atom. The van der Waals surface area contributed by atoms with Crippen molar-refractivity contribution in [2.24, 2.45) is 16.6 Å². The number of aryl methyl sites for hydroxylation is 1. The number of carbonyl (C=O) groups is 3. The maximum Gasteiger partial charge on any atom is 0.389 e. The summed E-state index contributed by atoms with van der Waals surface area (Å²) in [6.45, 7) is 1.70. The second kappa shape index (κ2) is 16.6. The van der Waals surface area contributed by atoms with Crippen molar-refractivity contribution < 1.29 is 36.3 Å². The van der Waals surface area contributed by atoms with Gasteiger partial charge < -0.3 is 16.4 Å². The van der Waals surface area contributed by atoms with Crippen molar-refractivity contribution in [1.82, 2.24) is 5.32 Å². The fourth-order valence-electron chi connectivity index (χ4n) is 4.17. The van der Waals surface area contributed by atoms with E-state index in [0.717, 1.165) is 0 Å². The first-order valence-electron chi connectivity index (χ1n) is 13.2. The molecule has 0 radical (unpaired) electrons. The van der Waals surface area contributed by atoms with Crippen LogP contribution in [0.3, 0.4) is 0 Å². The second-order valence-corrected chi connectivity index (χ2v) is 9.48. The summed E-state index contributed by atoms with van der Waals surface area (Å²) in [6, 6.07) is 22.3. The highest BCUT2D eigenvalue weighted by Gasteiger charge is 2.34. The second-order valence-electron chi connectivity index (χ2n) is 9.48. The third-order valence-electron chi connectivity index (χ3n) is 6.23. The van der Waals surface area contributed by atoms with Gasteiger partial charge in [0.1, 0.15) is 0 Å². The first kappa shape index (κ1) is 35.1. The monoisotopic (exact) mass is 614 g/mol. The zero-order chi connectivity index (χ0) is 32.9. The van der Waals surface area contributed by atoms with Crippen molar-refractivity contribution in [2.45, 2.75) is 45.0 Å². The Morgan fingerprint density at radius 2 is 1.59 bits per heavy atom.